The molecule has 0 aliphatic carbocycles. The zero-order valence-electron chi connectivity index (χ0n) is 19.2. The third kappa shape index (κ3) is 5.98. The molecule has 0 aliphatic rings. The minimum atomic E-state index is -1.19. The van der Waals surface area contributed by atoms with Crippen LogP contribution in [0, 0.1) is 0 Å². The molecule has 0 fully saturated rings. The van der Waals surface area contributed by atoms with Crippen LogP contribution in [-0.2, 0) is 0 Å². The second-order valence-corrected chi connectivity index (χ2v) is 7.76. The highest BCUT2D eigenvalue weighted by molar-refractivity contribution is 6.11. The van der Waals surface area contributed by atoms with Gasteiger partial charge in [0.1, 0.15) is 11.5 Å². The van der Waals surface area contributed by atoms with Crippen molar-refractivity contribution in [1.29, 1.82) is 0 Å². The first-order valence-corrected chi connectivity index (χ1v) is 11.0. The molecule has 0 heterocycles. The Morgan fingerprint density at radius 3 is 1.14 bits per heavy atom. The molecule has 2 amide bonds. The summed E-state index contributed by atoms with van der Waals surface area (Å²) in [4.78, 5) is 47.7. The molecule has 0 unspecified atom stereocenters. The van der Waals surface area contributed by atoms with Crippen LogP contribution in [0.3, 0.4) is 0 Å². The van der Waals surface area contributed by atoms with Gasteiger partial charge in [-0.2, -0.15) is 0 Å². The summed E-state index contributed by atoms with van der Waals surface area (Å²) < 4.78 is 5.79. The Kier molecular flexibility index (Phi) is 7.25. The number of hydrogen-bond acceptors (Lipinski definition) is 5. The van der Waals surface area contributed by atoms with Crippen LogP contribution in [0.25, 0.3) is 0 Å². The second-order valence-electron chi connectivity index (χ2n) is 7.76. The number of anilines is 2. The number of carboxylic acids is 2. The van der Waals surface area contributed by atoms with Gasteiger partial charge in [-0.1, -0.05) is 24.3 Å². The average Bonchev–Trinajstić information content (AvgIpc) is 2.90. The fourth-order valence-electron chi connectivity index (χ4n) is 3.48. The highest BCUT2D eigenvalue weighted by Gasteiger charge is 2.17. The van der Waals surface area contributed by atoms with Crippen LogP contribution in [-0.4, -0.2) is 34.0 Å². The van der Waals surface area contributed by atoms with Crippen LogP contribution >= 0.6 is 0 Å². The van der Waals surface area contributed by atoms with Crippen LogP contribution in [0.5, 0.6) is 11.5 Å². The lowest BCUT2D eigenvalue weighted by atomic mass is 10.1. The minimum Gasteiger partial charge on any atom is -0.478 e. The first-order chi connectivity index (χ1) is 17.8. The number of carboxylic acid groups (broad SMARTS) is 2. The molecular weight excluding hydrogens is 476 g/mol. The molecular formula is C28H20N2O7. The maximum Gasteiger partial charge on any atom is 0.336 e. The normalized spacial score (nSPS) is 10.3. The van der Waals surface area contributed by atoms with Gasteiger partial charge in [0.05, 0.1) is 22.3 Å². The van der Waals surface area contributed by atoms with E-state index in [1.54, 1.807) is 72.8 Å². The van der Waals surface area contributed by atoms with Gasteiger partial charge in [0.2, 0.25) is 0 Å². The molecule has 4 N–H and O–H groups in total. The van der Waals surface area contributed by atoms with E-state index in [-0.39, 0.29) is 22.3 Å². The van der Waals surface area contributed by atoms with Crippen LogP contribution in [0.4, 0.5) is 11.4 Å². The number of carbonyl (C=O) groups excluding carboxylic acids is 2. The van der Waals surface area contributed by atoms with Crippen molar-refractivity contribution < 1.29 is 34.1 Å². The van der Waals surface area contributed by atoms with Crippen molar-refractivity contribution in [1.82, 2.24) is 0 Å². The lowest BCUT2D eigenvalue weighted by Crippen LogP contribution is -2.16. The zero-order valence-corrected chi connectivity index (χ0v) is 19.2. The standard InChI is InChI=1S/C28H20N2O7/c31-25(21-5-1-3-7-23(21)27(33)34)29-17-9-13-19(14-10-17)37-20-15-11-18(12-16-20)30-26(32)22-6-2-4-8-24(22)28(35)36/h1-16H,(H,29,31)(H,30,32)(H,33,34)(H,35,36). The number of nitrogens with one attached hydrogen (secondary N) is 2. The number of benzene rings is 4. The van der Waals surface area contributed by atoms with E-state index >= 15 is 0 Å². The fourth-order valence-corrected chi connectivity index (χ4v) is 3.48. The number of hydrogen-bond donors (Lipinski definition) is 4. The summed E-state index contributed by atoms with van der Waals surface area (Å²) in [5.41, 5.74) is 0.828. The third-order valence-electron chi connectivity index (χ3n) is 5.26. The highest BCUT2D eigenvalue weighted by atomic mass is 16.5. The lowest BCUT2D eigenvalue weighted by Gasteiger charge is -2.11. The first-order valence-electron chi connectivity index (χ1n) is 11.0. The smallest absolute Gasteiger partial charge is 0.336 e. The summed E-state index contributed by atoms with van der Waals surface area (Å²) in [6.07, 6.45) is 0. The molecule has 4 aromatic carbocycles. The molecule has 0 atom stereocenters. The summed E-state index contributed by atoms with van der Waals surface area (Å²) in [6.45, 7) is 0. The van der Waals surface area contributed by atoms with E-state index in [9.17, 15) is 29.4 Å². The molecule has 0 saturated heterocycles. The third-order valence-corrected chi connectivity index (χ3v) is 5.26. The maximum absolute atomic E-state index is 12.5. The van der Waals surface area contributed by atoms with E-state index < -0.39 is 23.8 Å². The minimum absolute atomic E-state index is 0.0500. The molecule has 0 aliphatic heterocycles. The van der Waals surface area contributed by atoms with Crippen molar-refractivity contribution in [3.05, 3.63) is 119 Å². The van der Waals surface area contributed by atoms with Crippen LogP contribution < -0.4 is 15.4 Å². The summed E-state index contributed by atoms with van der Waals surface area (Å²) in [5, 5.41) is 23.8. The predicted octanol–water partition coefficient (Wildman–Crippen LogP) is 5.38. The van der Waals surface area contributed by atoms with Crippen molar-refractivity contribution in [2.24, 2.45) is 0 Å². The van der Waals surface area contributed by atoms with Crippen LogP contribution in [0.15, 0.2) is 97.1 Å². The Balaban J connectivity index is 1.37. The van der Waals surface area contributed by atoms with Gasteiger partial charge in [0.15, 0.2) is 0 Å². The molecule has 184 valence electrons. The number of ether oxygens (including phenoxy) is 1. The monoisotopic (exact) mass is 496 g/mol. The molecule has 0 aromatic heterocycles. The van der Waals surface area contributed by atoms with E-state index in [2.05, 4.69) is 10.6 Å². The quantitative estimate of drug-likeness (QED) is 0.256. The maximum atomic E-state index is 12.5. The van der Waals surface area contributed by atoms with Gasteiger partial charge in [-0.25, -0.2) is 9.59 Å². The van der Waals surface area contributed by atoms with Gasteiger partial charge in [-0.05, 0) is 72.8 Å². The van der Waals surface area contributed by atoms with E-state index in [1.807, 2.05) is 0 Å². The largest absolute Gasteiger partial charge is 0.478 e. The molecule has 9 nitrogen and oxygen atoms in total. The van der Waals surface area contributed by atoms with Crippen molar-refractivity contribution in [3.8, 4) is 11.5 Å². The Bertz CT molecular complexity index is 1370. The van der Waals surface area contributed by atoms with Gasteiger partial charge in [0.25, 0.3) is 11.8 Å². The van der Waals surface area contributed by atoms with E-state index in [0.717, 1.165) is 0 Å². The number of rotatable bonds is 8. The SMILES string of the molecule is O=C(O)c1ccccc1C(=O)Nc1ccc(Oc2ccc(NC(=O)c3ccccc3C(=O)O)cc2)cc1. The van der Waals surface area contributed by atoms with Crippen molar-refractivity contribution in [3.63, 3.8) is 0 Å². The molecule has 0 spiro atoms. The Morgan fingerprint density at radius 2 is 0.811 bits per heavy atom. The van der Waals surface area contributed by atoms with Crippen molar-refractivity contribution >= 4 is 35.1 Å². The van der Waals surface area contributed by atoms with E-state index in [1.165, 1.54) is 24.3 Å². The van der Waals surface area contributed by atoms with Crippen molar-refractivity contribution in [2.45, 2.75) is 0 Å². The van der Waals surface area contributed by atoms with E-state index in [0.29, 0.717) is 22.9 Å². The first kappa shape index (κ1) is 24.7. The molecule has 37 heavy (non-hydrogen) atoms. The molecule has 9 heteroatoms. The average molecular weight is 496 g/mol. The number of amides is 2. The summed E-state index contributed by atoms with van der Waals surface area (Å²) in [7, 11) is 0. The molecule has 0 saturated carbocycles. The van der Waals surface area contributed by atoms with Crippen molar-refractivity contribution in [2.75, 3.05) is 10.6 Å². The van der Waals surface area contributed by atoms with Crippen LogP contribution in [0.2, 0.25) is 0 Å². The number of aromatic carboxylic acids is 2. The highest BCUT2D eigenvalue weighted by Crippen LogP contribution is 2.25. The molecule has 0 radical (unpaired) electrons. The fraction of sp³-hybridized carbons (Fsp3) is 0. The van der Waals surface area contributed by atoms with Gasteiger partial charge in [-0.3, -0.25) is 9.59 Å². The molecule has 4 rings (SSSR count). The predicted molar refractivity (Wildman–Crippen MR) is 136 cm³/mol. The lowest BCUT2D eigenvalue weighted by molar-refractivity contribution is 0.0683. The van der Waals surface area contributed by atoms with Gasteiger partial charge in [-0.15, -0.1) is 0 Å². The van der Waals surface area contributed by atoms with Gasteiger partial charge in [0, 0.05) is 11.4 Å². The molecule has 0 bridgehead atoms. The number of carbonyl (C=O) groups is 4. The van der Waals surface area contributed by atoms with Crippen LogP contribution in [0.1, 0.15) is 41.4 Å². The summed E-state index contributed by atoms with van der Waals surface area (Å²) in [5.74, 6) is -2.51. The van der Waals surface area contributed by atoms with E-state index in [4.69, 9.17) is 4.74 Å². The Hall–Kier alpha value is -5.44. The molecule has 4 aromatic rings. The van der Waals surface area contributed by atoms with Gasteiger partial charge < -0.3 is 25.6 Å². The zero-order chi connectivity index (χ0) is 26.4. The summed E-state index contributed by atoms with van der Waals surface area (Å²) in [6, 6.07) is 24.9. The second kappa shape index (κ2) is 10.9. The topological polar surface area (TPSA) is 142 Å². The Labute approximate surface area is 211 Å². The Morgan fingerprint density at radius 1 is 0.486 bits per heavy atom. The van der Waals surface area contributed by atoms with Gasteiger partial charge >= 0.3 is 11.9 Å². The summed E-state index contributed by atoms with van der Waals surface area (Å²) >= 11 is 0.